The molecule has 1 unspecified atom stereocenters. The van der Waals surface area contributed by atoms with Gasteiger partial charge in [-0.25, -0.2) is 13.1 Å². The number of nitrogens with one attached hydrogen (secondary N) is 1. The molecule has 0 aliphatic heterocycles. The fourth-order valence-electron chi connectivity index (χ4n) is 4.76. The lowest BCUT2D eigenvalue weighted by molar-refractivity contribution is -0.00819. The zero-order valence-corrected chi connectivity index (χ0v) is 11.9. The van der Waals surface area contributed by atoms with E-state index in [0.29, 0.717) is 0 Å². The lowest BCUT2D eigenvalue weighted by Crippen LogP contribution is -2.61. The molecule has 4 aliphatic rings. The Bertz CT molecular complexity index is 397. The Labute approximate surface area is 110 Å². The van der Waals surface area contributed by atoms with Gasteiger partial charge in [-0.05, 0) is 63.2 Å². The summed E-state index contributed by atoms with van der Waals surface area (Å²) in [5.74, 6) is 2.27. The Morgan fingerprint density at radius 3 is 2.00 bits per heavy atom. The van der Waals surface area contributed by atoms with Crippen LogP contribution in [0.25, 0.3) is 0 Å². The molecule has 3 N–H and O–H groups in total. The minimum atomic E-state index is -3.25. The van der Waals surface area contributed by atoms with Gasteiger partial charge < -0.3 is 5.73 Å². The first-order chi connectivity index (χ1) is 8.42. The van der Waals surface area contributed by atoms with Crippen LogP contribution in [0, 0.1) is 17.8 Å². The topological polar surface area (TPSA) is 72.2 Å². The highest BCUT2D eigenvalue weighted by Gasteiger charge is 2.52. The molecule has 0 aromatic rings. The molecule has 4 rings (SSSR count). The van der Waals surface area contributed by atoms with E-state index in [1.807, 2.05) is 0 Å². The second-order valence-electron chi connectivity index (χ2n) is 6.89. The Kier molecular flexibility index (Phi) is 2.99. The van der Waals surface area contributed by atoms with Gasteiger partial charge in [0.1, 0.15) is 0 Å². The monoisotopic (exact) mass is 272 g/mol. The van der Waals surface area contributed by atoms with E-state index in [4.69, 9.17) is 5.73 Å². The third-order valence-electron chi connectivity index (χ3n) is 5.26. The van der Waals surface area contributed by atoms with Crippen molar-refractivity contribution in [2.24, 2.45) is 23.5 Å². The SMILES string of the molecule is CC(CN)S(=O)(=O)NC12CC3CC(CC(C3)C1)C2. The molecule has 0 radical (unpaired) electrons. The third kappa shape index (κ3) is 2.10. The standard InChI is InChI=1S/C13H24N2O2S/c1-9(8-14)18(16,17)15-13-5-10-2-11(6-13)4-12(3-10)7-13/h9-12,15H,2-8,14H2,1H3. The Hall–Kier alpha value is -0.130. The van der Waals surface area contributed by atoms with Crippen LogP contribution in [0.3, 0.4) is 0 Å². The fraction of sp³-hybridized carbons (Fsp3) is 1.00. The highest BCUT2D eigenvalue weighted by atomic mass is 32.2. The molecule has 0 aromatic carbocycles. The maximum absolute atomic E-state index is 12.3. The van der Waals surface area contributed by atoms with Crippen LogP contribution in [-0.4, -0.2) is 25.8 Å². The summed E-state index contributed by atoms with van der Waals surface area (Å²) in [6.07, 6.45) is 7.13. The van der Waals surface area contributed by atoms with Crippen LogP contribution in [0.4, 0.5) is 0 Å². The minimum absolute atomic E-state index is 0.128. The molecule has 4 aliphatic carbocycles. The molecule has 0 spiro atoms. The van der Waals surface area contributed by atoms with E-state index in [9.17, 15) is 8.42 Å². The summed E-state index contributed by atoms with van der Waals surface area (Å²) in [7, 11) is -3.25. The molecule has 4 nitrogen and oxygen atoms in total. The van der Waals surface area contributed by atoms with Gasteiger partial charge in [0.2, 0.25) is 10.0 Å². The predicted octanol–water partition coefficient (Wildman–Crippen LogP) is 1.22. The van der Waals surface area contributed by atoms with Crippen molar-refractivity contribution in [1.82, 2.24) is 4.72 Å². The molecule has 1 atom stereocenters. The number of rotatable bonds is 4. The van der Waals surface area contributed by atoms with E-state index in [1.165, 1.54) is 19.3 Å². The van der Waals surface area contributed by atoms with Gasteiger partial charge in [0.25, 0.3) is 0 Å². The highest BCUT2D eigenvalue weighted by Crippen LogP contribution is 2.55. The highest BCUT2D eigenvalue weighted by molar-refractivity contribution is 7.90. The second kappa shape index (κ2) is 4.18. The van der Waals surface area contributed by atoms with Gasteiger partial charge in [0.15, 0.2) is 0 Å². The van der Waals surface area contributed by atoms with Crippen molar-refractivity contribution in [2.45, 2.75) is 56.2 Å². The molecule has 0 amide bonds. The Morgan fingerprint density at radius 2 is 1.61 bits per heavy atom. The van der Waals surface area contributed by atoms with Crippen LogP contribution < -0.4 is 10.5 Å². The molecule has 18 heavy (non-hydrogen) atoms. The summed E-state index contributed by atoms with van der Waals surface area (Å²) < 4.78 is 27.6. The van der Waals surface area contributed by atoms with Crippen LogP contribution in [0.15, 0.2) is 0 Å². The number of sulfonamides is 1. The van der Waals surface area contributed by atoms with Gasteiger partial charge >= 0.3 is 0 Å². The molecule has 104 valence electrons. The van der Waals surface area contributed by atoms with Crippen molar-refractivity contribution >= 4 is 10.0 Å². The molecule has 0 heterocycles. The number of hydrogen-bond donors (Lipinski definition) is 2. The molecule has 0 saturated heterocycles. The van der Waals surface area contributed by atoms with E-state index in [1.54, 1.807) is 6.92 Å². The van der Waals surface area contributed by atoms with E-state index < -0.39 is 15.3 Å². The summed E-state index contributed by atoms with van der Waals surface area (Å²) in [5.41, 5.74) is 5.38. The quantitative estimate of drug-likeness (QED) is 0.808. The minimum Gasteiger partial charge on any atom is -0.329 e. The zero-order valence-electron chi connectivity index (χ0n) is 11.1. The molecule has 5 heteroatoms. The van der Waals surface area contributed by atoms with E-state index in [2.05, 4.69) is 4.72 Å². The van der Waals surface area contributed by atoms with Gasteiger partial charge in [-0.1, -0.05) is 0 Å². The first kappa shape index (κ1) is 12.9. The van der Waals surface area contributed by atoms with Gasteiger partial charge in [-0.2, -0.15) is 0 Å². The molecule has 4 saturated carbocycles. The predicted molar refractivity (Wildman–Crippen MR) is 71.5 cm³/mol. The summed E-state index contributed by atoms with van der Waals surface area (Å²) in [6.45, 7) is 1.89. The lowest BCUT2D eigenvalue weighted by Gasteiger charge is -2.56. The maximum atomic E-state index is 12.3. The number of nitrogens with two attached hydrogens (primary N) is 1. The van der Waals surface area contributed by atoms with Crippen molar-refractivity contribution in [2.75, 3.05) is 6.54 Å². The maximum Gasteiger partial charge on any atom is 0.215 e. The van der Waals surface area contributed by atoms with E-state index >= 15 is 0 Å². The van der Waals surface area contributed by atoms with E-state index in [0.717, 1.165) is 37.0 Å². The van der Waals surface area contributed by atoms with Crippen molar-refractivity contribution in [1.29, 1.82) is 0 Å². The van der Waals surface area contributed by atoms with Crippen LogP contribution in [-0.2, 0) is 10.0 Å². The van der Waals surface area contributed by atoms with Crippen LogP contribution in [0.1, 0.15) is 45.4 Å². The molecular formula is C13H24N2O2S. The summed E-state index contributed by atoms with van der Waals surface area (Å²) in [6, 6.07) is 0. The summed E-state index contributed by atoms with van der Waals surface area (Å²) >= 11 is 0. The second-order valence-corrected chi connectivity index (χ2v) is 8.99. The molecule has 4 bridgehead atoms. The van der Waals surface area contributed by atoms with Crippen LogP contribution in [0.5, 0.6) is 0 Å². The van der Waals surface area contributed by atoms with Crippen LogP contribution in [0.2, 0.25) is 0 Å². The van der Waals surface area contributed by atoms with Gasteiger partial charge in [0.05, 0.1) is 5.25 Å². The summed E-state index contributed by atoms with van der Waals surface area (Å²) in [5, 5.41) is -0.481. The Balaban J connectivity index is 1.80. The lowest BCUT2D eigenvalue weighted by atomic mass is 9.53. The molecular weight excluding hydrogens is 248 g/mol. The van der Waals surface area contributed by atoms with E-state index in [-0.39, 0.29) is 12.1 Å². The Morgan fingerprint density at radius 1 is 1.17 bits per heavy atom. The van der Waals surface area contributed by atoms with Gasteiger partial charge in [-0.15, -0.1) is 0 Å². The largest absolute Gasteiger partial charge is 0.329 e. The average molecular weight is 272 g/mol. The van der Waals surface area contributed by atoms with Crippen molar-refractivity contribution in [3.05, 3.63) is 0 Å². The van der Waals surface area contributed by atoms with Gasteiger partial charge in [0, 0.05) is 12.1 Å². The van der Waals surface area contributed by atoms with Crippen molar-refractivity contribution in [3.8, 4) is 0 Å². The molecule has 0 aromatic heterocycles. The molecule has 4 fully saturated rings. The first-order valence-corrected chi connectivity index (χ1v) is 8.70. The smallest absolute Gasteiger partial charge is 0.215 e. The first-order valence-electron chi connectivity index (χ1n) is 7.15. The average Bonchev–Trinajstić information content (AvgIpc) is 2.24. The zero-order chi connectivity index (χ0) is 13.0. The fourth-order valence-corrected chi connectivity index (χ4v) is 6.07. The van der Waals surface area contributed by atoms with Crippen molar-refractivity contribution < 1.29 is 8.42 Å². The van der Waals surface area contributed by atoms with Gasteiger partial charge in [-0.3, -0.25) is 0 Å². The number of hydrogen-bond acceptors (Lipinski definition) is 3. The van der Waals surface area contributed by atoms with Crippen molar-refractivity contribution in [3.63, 3.8) is 0 Å². The summed E-state index contributed by atoms with van der Waals surface area (Å²) in [4.78, 5) is 0. The normalized spacial score (nSPS) is 44.2. The third-order valence-corrected chi connectivity index (χ3v) is 7.23. The van der Waals surface area contributed by atoms with Crippen LogP contribution >= 0.6 is 0 Å².